The van der Waals surface area contributed by atoms with Gasteiger partial charge in [-0.2, -0.15) is 0 Å². The summed E-state index contributed by atoms with van der Waals surface area (Å²) in [4.78, 5) is 13.0. The zero-order chi connectivity index (χ0) is 11.0. The molecule has 2 heterocycles. The number of pyridine rings is 1. The Morgan fingerprint density at radius 2 is 2.27 bits per heavy atom. The van der Waals surface area contributed by atoms with E-state index in [1.807, 2.05) is 24.4 Å². The topological polar surface area (TPSA) is 63.8 Å². The highest BCUT2D eigenvalue weighted by molar-refractivity contribution is 7.32. The molecule has 15 heavy (non-hydrogen) atoms. The van der Waals surface area contributed by atoms with E-state index in [9.17, 15) is 4.57 Å². The van der Waals surface area contributed by atoms with Gasteiger partial charge in [0.25, 0.3) is 0 Å². The van der Waals surface area contributed by atoms with Crippen LogP contribution in [-0.4, -0.2) is 14.3 Å². The number of nitrogens with zero attached hydrogens (tertiary/aromatic N) is 2. The normalized spacial score (nSPS) is 13.0. The quantitative estimate of drug-likeness (QED) is 0.792. The van der Waals surface area contributed by atoms with E-state index in [1.165, 1.54) is 0 Å². The average molecular weight is 226 g/mol. The van der Waals surface area contributed by atoms with E-state index >= 15 is 0 Å². The fourth-order valence-corrected chi connectivity index (χ4v) is 1.80. The third-order valence-electron chi connectivity index (χ3n) is 2.29. The van der Waals surface area contributed by atoms with Gasteiger partial charge >= 0.3 is 8.25 Å². The summed E-state index contributed by atoms with van der Waals surface area (Å²) in [5.74, 6) is 0.333. The van der Waals surface area contributed by atoms with Crippen LogP contribution in [0.2, 0.25) is 0 Å². The highest BCUT2D eigenvalue weighted by Gasteiger charge is 2.09. The zero-order valence-electron chi connectivity index (χ0n) is 8.39. The zero-order valence-corrected chi connectivity index (χ0v) is 9.39. The van der Waals surface area contributed by atoms with Gasteiger partial charge in [-0.15, -0.1) is 0 Å². The van der Waals surface area contributed by atoms with E-state index in [1.54, 1.807) is 12.1 Å². The van der Waals surface area contributed by atoms with Crippen LogP contribution in [0.4, 0.5) is 0 Å². The minimum atomic E-state index is -2.98. The first kappa shape index (κ1) is 10.2. The lowest BCUT2D eigenvalue weighted by molar-refractivity contribution is 0.411. The predicted molar refractivity (Wildman–Crippen MR) is 56.5 cm³/mol. The fourth-order valence-electron chi connectivity index (χ4n) is 1.45. The second-order valence-electron chi connectivity index (χ2n) is 3.22. The Morgan fingerprint density at radius 3 is 2.93 bits per heavy atom. The molecule has 0 radical (unpaired) electrons. The largest absolute Gasteiger partial charge is 0.422 e. The molecule has 0 bridgehead atoms. The Balaban J connectivity index is 2.65. The number of fused-ring (bicyclic) bond motifs is 1. The Labute approximate surface area is 87.3 Å². The Kier molecular flexibility index (Phi) is 2.50. The van der Waals surface area contributed by atoms with Crippen LogP contribution in [0.25, 0.3) is 5.65 Å². The molecule has 0 aliphatic carbocycles. The molecule has 0 saturated heterocycles. The maximum Gasteiger partial charge on any atom is 0.365 e. The maximum atomic E-state index is 10.6. The minimum Gasteiger partial charge on any atom is -0.422 e. The van der Waals surface area contributed by atoms with E-state index in [4.69, 9.17) is 9.42 Å². The van der Waals surface area contributed by atoms with Crippen LogP contribution >= 0.6 is 8.25 Å². The number of hydrogen-bond acceptors (Lipinski definition) is 3. The summed E-state index contributed by atoms with van der Waals surface area (Å²) in [6.45, 7) is 3.81. The fraction of sp³-hybridized carbons (Fsp3) is 0.222. The van der Waals surface area contributed by atoms with E-state index in [2.05, 4.69) is 4.98 Å². The molecule has 80 valence electrons. The van der Waals surface area contributed by atoms with Crippen molar-refractivity contribution in [3.8, 4) is 5.75 Å². The van der Waals surface area contributed by atoms with E-state index < -0.39 is 8.25 Å². The van der Waals surface area contributed by atoms with Crippen molar-refractivity contribution in [2.45, 2.75) is 13.8 Å². The Bertz CT molecular complexity index is 535. The second-order valence-corrected chi connectivity index (χ2v) is 3.95. The maximum absolute atomic E-state index is 10.6. The summed E-state index contributed by atoms with van der Waals surface area (Å²) < 4.78 is 17.3. The molecular weight excluding hydrogens is 215 g/mol. The molecule has 0 amide bonds. The highest BCUT2D eigenvalue weighted by atomic mass is 31.1. The van der Waals surface area contributed by atoms with Crippen LogP contribution in [0, 0.1) is 13.8 Å². The van der Waals surface area contributed by atoms with Gasteiger partial charge in [0.05, 0.1) is 5.69 Å². The van der Waals surface area contributed by atoms with Crippen molar-refractivity contribution < 1.29 is 14.0 Å². The summed E-state index contributed by atoms with van der Waals surface area (Å²) in [6.07, 6.45) is 1.84. The molecule has 0 aliphatic rings. The molecule has 0 aliphatic heterocycles. The van der Waals surface area contributed by atoms with Gasteiger partial charge in [0.1, 0.15) is 0 Å². The molecule has 1 N–H and O–H groups in total. The summed E-state index contributed by atoms with van der Waals surface area (Å²) in [5.41, 5.74) is 2.44. The third kappa shape index (κ3) is 1.76. The number of aryl methyl sites for hydroxylation is 2. The van der Waals surface area contributed by atoms with E-state index in [0.717, 1.165) is 11.4 Å². The van der Waals surface area contributed by atoms with Gasteiger partial charge < -0.3 is 13.8 Å². The van der Waals surface area contributed by atoms with E-state index in [-0.39, 0.29) is 0 Å². The molecule has 2 aromatic heterocycles. The number of rotatable bonds is 2. The van der Waals surface area contributed by atoms with E-state index in [0.29, 0.717) is 11.4 Å². The average Bonchev–Trinajstić information content (AvgIpc) is 2.45. The lowest BCUT2D eigenvalue weighted by Crippen LogP contribution is -1.90. The van der Waals surface area contributed by atoms with Crippen molar-refractivity contribution in [1.29, 1.82) is 0 Å². The second kappa shape index (κ2) is 3.68. The van der Waals surface area contributed by atoms with Crippen molar-refractivity contribution >= 4 is 13.9 Å². The van der Waals surface area contributed by atoms with Crippen LogP contribution in [-0.2, 0) is 4.57 Å². The van der Waals surface area contributed by atoms with Crippen molar-refractivity contribution in [2.24, 2.45) is 0 Å². The lowest BCUT2D eigenvalue weighted by atomic mass is 10.4. The third-order valence-corrected chi connectivity index (χ3v) is 2.68. The summed E-state index contributed by atoms with van der Waals surface area (Å²) in [7, 11) is -2.98. The lowest BCUT2D eigenvalue weighted by Gasteiger charge is -2.03. The highest BCUT2D eigenvalue weighted by Crippen LogP contribution is 2.27. The number of aromatic nitrogens is 2. The predicted octanol–water partition coefficient (Wildman–Crippen LogP) is 1.71. The first-order valence-electron chi connectivity index (χ1n) is 4.44. The molecule has 2 rings (SSSR count). The van der Waals surface area contributed by atoms with Crippen LogP contribution in [0.15, 0.2) is 18.3 Å². The standard InChI is InChI=1S/C9H11N2O3P/c1-6-7(2)11-5-3-4-8(9(11)10-6)14-15(12)13/h3-5,15H,1-2H3,(H,12,13). The van der Waals surface area contributed by atoms with Crippen molar-refractivity contribution in [2.75, 3.05) is 0 Å². The SMILES string of the molecule is Cc1nc2c(O[PH](=O)O)cccn2c1C. The molecular formula is C9H11N2O3P. The molecule has 2 aromatic rings. The molecule has 1 unspecified atom stereocenters. The van der Waals surface area contributed by atoms with Crippen molar-refractivity contribution in [3.63, 3.8) is 0 Å². The molecule has 0 fully saturated rings. The van der Waals surface area contributed by atoms with Gasteiger partial charge in [0.15, 0.2) is 11.4 Å². The molecule has 1 atom stereocenters. The van der Waals surface area contributed by atoms with Crippen molar-refractivity contribution in [1.82, 2.24) is 9.38 Å². The number of hydrogen-bond donors (Lipinski definition) is 1. The van der Waals surface area contributed by atoms with Gasteiger partial charge in [-0.05, 0) is 26.0 Å². The molecule has 0 saturated carbocycles. The van der Waals surface area contributed by atoms with Crippen LogP contribution in [0.5, 0.6) is 5.75 Å². The first-order valence-corrected chi connectivity index (χ1v) is 5.71. The smallest absolute Gasteiger partial charge is 0.365 e. The van der Waals surface area contributed by atoms with Gasteiger partial charge in [0.2, 0.25) is 0 Å². The van der Waals surface area contributed by atoms with Gasteiger partial charge in [-0.25, -0.2) is 9.55 Å². The number of imidazole rings is 1. The monoisotopic (exact) mass is 226 g/mol. The van der Waals surface area contributed by atoms with Crippen LogP contribution < -0.4 is 4.52 Å². The molecule has 5 nitrogen and oxygen atoms in total. The molecule has 0 spiro atoms. The minimum absolute atomic E-state index is 0.333. The van der Waals surface area contributed by atoms with Crippen LogP contribution in [0.1, 0.15) is 11.4 Å². The summed E-state index contributed by atoms with van der Waals surface area (Å²) in [6, 6.07) is 3.38. The summed E-state index contributed by atoms with van der Waals surface area (Å²) in [5, 5.41) is 0. The summed E-state index contributed by atoms with van der Waals surface area (Å²) >= 11 is 0. The van der Waals surface area contributed by atoms with Crippen LogP contribution in [0.3, 0.4) is 0 Å². The first-order chi connectivity index (χ1) is 7.09. The molecule has 6 heteroatoms. The van der Waals surface area contributed by atoms with Gasteiger partial charge in [-0.1, -0.05) is 0 Å². The molecule has 0 aromatic carbocycles. The van der Waals surface area contributed by atoms with Gasteiger partial charge in [-0.3, -0.25) is 0 Å². The van der Waals surface area contributed by atoms with Crippen molar-refractivity contribution in [3.05, 3.63) is 29.7 Å². The van der Waals surface area contributed by atoms with Gasteiger partial charge in [0, 0.05) is 11.9 Å². The Morgan fingerprint density at radius 1 is 1.53 bits per heavy atom. The Hall–Kier alpha value is -1.32.